The zero-order chi connectivity index (χ0) is 32.8. The fraction of sp³-hybridized carbons (Fsp3) is 0.833. The van der Waals surface area contributed by atoms with Gasteiger partial charge in [0, 0.05) is 20.8 Å². The molecule has 0 aromatic heterocycles. The van der Waals surface area contributed by atoms with Gasteiger partial charge in [0.1, 0.15) is 18.3 Å². The number of carbonyl (C=O) groups excluding carboxylic acids is 3. The number of carboxylic acid groups (broad SMARTS) is 1. The highest BCUT2D eigenvalue weighted by atomic mass is 16.7. The van der Waals surface area contributed by atoms with Crippen molar-refractivity contribution in [3.8, 4) is 0 Å². The van der Waals surface area contributed by atoms with E-state index in [-0.39, 0.29) is 0 Å². The maximum atomic E-state index is 12.4. The number of nitrogens with one attached hydrogen (secondary N) is 3. The van der Waals surface area contributed by atoms with Gasteiger partial charge in [-0.2, -0.15) is 0 Å². The number of carboxylic acids is 1. The second-order valence-electron chi connectivity index (χ2n) is 10.5. The summed E-state index contributed by atoms with van der Waals surface area (Å²) in [6.45, 7) is 3.05. The van der Waals surface area contributed by atoms with E-state index in [9.17, 15) is 49.8 Å². The average Bonchev–Trinajstić information content (AvgIpc) is 2.91. The normalized spacial score (nSPS) is 35.6. The molecule has 2 aliphatic heterocycles. The van der Waals surface area contributed by atoms with Gasteiger partial charge in [0.15, 0.2) is 18.7 Å². The second kappa shape index (κ2) is 16.0. The Hall–Kier alpha value is -2.56. The molecule has 0 aromatic rings. The molecule has 2 aliphatic rings. The number of aliphatic carboxylic acids is 1. The molecule has 13 N–H and O–H groups in total. The first-order chi connectivity index (χ1) is 20.0. The molecule has 14 atom stereocenters. The first-order valence-electron chi connectivity index (χ1n) is 13.5. The Kier molecular flexibility index (Phi) is 13.6. The molecule has 2 fully saturated rings. The Morgan fingerprint density at radius 2 is 1.47 bits per heavy atom. The number of amides is 3. The summed E-state index contributed by atoms with van der Waals surface area (Å²) in [4.78, 5) is 48.2. The average molecular weight is 626 g/mol. The molecule has 43 heavy (non-hydrogen) atoms. The number of rotatable bonds is 13. The minimum Gasteiger partial charge on any atom is -0.479 e. The van der Waals surface area contributed by atoms with Gasteiger partial charge in [0.25, 0.3) is 0 Å². The van der Waals surface area contributed by atoms with Crippen molar-refractivity contribution in [2.75, 3.05) is 13.2 Å². The molecule has 0 saturated carbocycles. The molecule has 0 bridgehead atoms. The van der Waals surface area contributed by atoms with Crippen molar-refractivity contribution in [2.45, 2.75) is 113 Å². The molecule has 2 rings (SSSR count). The van der Waals surface area contributed by atoms with Gasteiger partial charge in [-0.15, -0.1) is 0 Å². The van der Waals surface area contributed by atoms with Gasteiger partial charge in [-0.05, 0) is 6.92 Å². The van der Waals surface area contributed by atoms with Crippen molar-refractivity contribution in [1.29, 1.82) is 0 Å². The van der Waals surface area contributed by atoms with E-state index in [4.69, 9.17) is 30.4 Å². The number of ether oxygens (including phenoxy) is 4. The third-order valence-electron chi connectivity index (χ3n) is 7.01. The molecule has 0 unspecified atom stereocenters. The number of aliphatic hydroxyl groups is 5. The first kappa shape index (κ1) is 36.6. The fourth-order valence-corrected chi connectivity index (χ4v) is 4.97. The lowest BCUT2D eigenvalue weighted by Crippen LogP contribution is -2.73. The highest BCUT2D eigenvalue weighted by molar-refractivity contribution is 5.75. The van der Waals surface area contributed by atoms with E-state index in [0.29, 0.717) is 0 Å². The van der Waals surface area contributed by atoms with Gasteiger partial charge < -0.3 is 77.0 Å². The summed E-state index contributed by atoms with van der Waals surface area (Å²) >= 11 is 0. The molecule has 248 valence electrons. The van der Waals surface area contributed by atoms with E-state index < -0.39 is 122 Å². The van der Waals surface area contributed by atoms with Crippen molar-refractivity contribution in [3.05, 3.63) is 0 Å². The molecular formula is C24H43N5O14. The predicted octanol–water partition coefficient (Wildman–Crippen LogP) is -6.45. The number of hydrogen-bond acceptors (Lipinski definition) is 15. The van der Waals surface area contributed by atoms with Crippen LogP contribution in [0.25, 0.3) is 0 Å². The molecule has 2 heterocycles. The Morgan fingerprint density at radius 1 is 0.907 bits per heavy atom. The Balaban J connectivity index is 2.48. The van der Waals surface area contributed by atoms with Crippen molar-refractivity contribution in [3.63, 3.8) is 0 Å². The summed E-state index contributed by atoms with van der Waals surface area (Å²) in [5, 5.41) is 67.6. The summed E-state index contributed by atoms with van der Waals surface area (Å²) in [6, 6.07) is -6.75. The van der Waals surface area contributed by atoms with Gasteiger partial charge in [-0.3, -0.25) is 14.4 Å². The molecule has 0 aliphatic carbocycles. The summed E-state index contributed by atoms with van der Waals surface area (Å²) in [5.74, 6) is -3.54. The smallest absolute Gasteiger partial charge is 0.335 e. The molecule has 0 radical (unpaired) electrons. The molecule has 3 amide bonds. The minimum absolute atomic E-state index is 0.598. The lowest BCUT2D eigenvalue weighted by Gasteiger charge is -2.49. The largest absolute Gasteiger partial charge is 0.479 e. The van der Waals surface area contributed by atoms with Crippen molar-refractivity contribution >= 4 is 23.7 Å². The number of aliphatic hydroxyl groups excluding tert-OH is 5. The van der Waals surface area contributed by atoms with Gasteiger partial charge in [-0.1, -0.05) is 0 Å². The molecule has 19 nitrogen and oxygen atoms in total. The Morgan fingerprint density at radius 3 is 1.91 bits per heavy atom. The van der Waals surface area contributed by atoms with Gasteiger partial charge in [0.05, 0.1) is 61.7 Å². The first-order valence-corrected chi connectivity index (χ1v) is 13.5. The van der Waals surface area contributed by atoms with E-state index in [1.54, 1.807) is 0 Å². The van der Waals surface area contributed by atoms with Crippen molar-refractivity contribution in [2.24, 2.45) is 11.5 Å². The summed E-state index contributed by atoms with van der Waals surface area (Å²) < 4.78 is 23.0. The topological polar surface area (TPSA) is 315 Å². The van der Waals surface area contributed by atoms with Crippen LogP contribution < -0.4 is 27.4 Å². The Bertz CT molecular complexity index is 975. The quantitative estimate of drug-likeness (QED) is 0.0906. The van der Waals surface area contributed by atoms with E-state index >= 15 is 0 Å². The monoisotopic (exact) mass is 625 g/mol. The van der Waals surface area contributed by atoms with Crippen LogP contribution in [0.15, 0.2) is 0 Å². The molecule has 2 saturated heterocycles. The lowest BCUT2D eigenvalue weighted by atomic mass is 9.92. The van der Waals surface area contributed by atoms with Crippen molar-refractivity contribution < 1.29 is 68.8 Å². The maximum absolute atomic E-state index is 12.4. The zero-order valence-corrected chi connectivity index (χ0v) is 24.1. The van der Waals surface area contributed by atoms with Crippen LogP contribution in [-0.4, -0.2) is 153 Å². The third kappa shape index (κ3) is 9.22. The van der Waals surface area contributed by atoms with Crippen LogP contribution in [0.2, 0.25) is 0 Å². The summed E-state index contributed by atoms with van der Waals surface area (Å²) in [5.41, 5.74) is 12.5. The van der Waals surface area contributed by atoms with Crippen LogP contribution in [0.4, 0.5) is 0 Å². The van der Waals surface area contributed by atoms with Gasteiger partial charge in [-0.25, -0.2) is 4.79 Å². The van der Waals surface area contributed by atoms with E-state index in [1.165, 1.54) is 6.92 Å². The lowest BCUT2D eigenvalue weighted by molar-refractivity contribution is -0.311. The number of carbonyl (C=O) groups is 4. The third-order valence-corrected chi connectivity index (χ3v) is 7.01. The predicted molar refractivity (Wildman–Crippen MR) is 141 cm³/mol. The van der Waals surface area contributed by atoms with E-state index in [1.807, 2.05) is 0 Å². The van der Waals surface area contributed by atoms with Crippen LogP contribution in [0, 0.1) is 0 Å². The highest BCUT2D eigenvalue weighted by Crippen LogP contribution is 2.30. The molecule has 19 heteroatoms. The summed E-state index contributed by atoms with van der Waals surface area (Å²) in [7, 11) is 0. The van der Waals surface area contributed by atoms with Crippen LogP contribution in [-0.2, 0) is 38.1 Å². The zero-order valence-electron chi connectivity index (χ0n) is 24.1. The van der Waals surface area contributed by atoms with E-state index in [0.717, 1.165) is 20.8 Å². The highest BCUT2D eigenvalue weighted by Gasteiger charge is 2.54. The SMILES string of the molecule is CC(=O)N[C@@H]1[C@H](O[C@@H]([C@H](NC(C)=O)[C@@H](O)CO)[C@@H](C)O)O[C@H](C(=O)O)[C@@H](O[C@@H]2O[C@H](CO)[C@@H](O)[C@H](N)[C@H]2NC(C)=O)[C@@H]1N. The summed E-state index contributed by atoms with van der Waals surface area (Å²) in [6.07, 6.45) is -14.2. The number of hydrogen-bond donors (Lipinski definition) is 11. The van der Waals surface area contributed by atoms with E-state index in [2.05, 4.69) is 16.0 Å². The van der Waals surface area contributed by atoms with Crippen molar-refractivity contribution in [1.82, 2.24) is 16.0 Å². The molecule has 0 aromatic carbocycles. The maximum Gasteiger partial charge on any atom is 0.335 e. The standard InChI is InChI=1S/C24H43N5O14/c1-7(32)19(15(11(36)5-30)27-8(2)33)41-24-17(29-10(4)35)14(26)20(21(43-24)22(38)39)42-23-16(28-9(3)34)13(25)18(37)12(6-31)40-23/h7,11-21,23-24,30-32,36-37H,5-6,25-26H2,1-4H3,(H,27,33)(H,28,34)(H,29,35)(H,38,39)/t7-,11+,12-,13-,14-,15-,16-,17+,18-,19-,20+,21+,23+,24-/m1/s1. The molecule has 0 spiro atoms. The van der Waals surface area contributed by atoms with Crippen LogP contribution in [0.3, 0.4) is 0 Å². The van der Waals surface area contributed by atoms with Crippen LogP contribution in [0.1, 0.15) is 27.7 Å². The second-order valence-corrected chi connectivity index (χ2v) is 10.5. The van der Waals surface area contributed by atoms with Crippen LogP contribution in [0.5, 0.6) is 0 Å². The van der Waals surface area contributed by atoms with Gasteiger partial charge in [0.2, 0.25) is 17.7 Å². The number of nitrogens with two attached hydrogens (primary N) is 2. The fourth-order valence-electron chi connectivity index (χ4n) is 4.97. The van der Waals surface area contributed by atoms with Gasteiger partial charge >= 0.3 is 5.97 Å². The Labute approximate surface area is 246 Å². The minimum atomic E-state index is -1.95. The van der Waals surface area contributed by atoms with Crippen LogP contribution >= 0.6 is 0 Å². The molecular weight excluding hydrogens is 582 g/mol.